The Balaban J connectivity index is 1.59. The lowest BCUT2D eigenvalue weighted by atomic mass is 10.1. The first-order valence-electron chi connectivity index (χ1n) is 9.37. The zero-order chi connectivity index (χ0) is 18.4. The number of hydrogen-bond donors (Lipinski definition) is 2. The molecule has 2 aromatic carbocycles. The van der Waals surface area contributed by atoms with Crippen LogP contribution in [0.4, 0.5) is 0 Å². The van der Waals surface area contributed by atoms with Gasteiger partial charge in [0.05, 0.1) is 32.3 Å². The number of rotatable bonds is 7. The fourth-order valence-corrected chi connectivity index (χ4v) is 3.56. The van der Waals surface area contributed by atoms with Crippen molar-refractivity contribution in [2.45, 2.75) is 25.4 Å². The van der Waals surface area contributed by atoms with E-state index in [2.05, 4.69) is 55.8 Å². The highest BCUT2D eigenvalue weighted by molar-refractivity contribution is 6.32. The van der Waals surface area contributed by atoms with E-state index in [0.29, 0.717) is 30.0 Å². The summed E-state index contributed by atoms with van der Waals surface area (Å²) in [6.45, 7) is 3.28. The van der Waals surface area contributed by atoms with Gasteiger partial charge in [-0.1, -0.05) is 41.9 Å². The Morgan fingerprint density at radius 3 is 2.62 bits per heavy atom. The average molecular weight is 377 g/mol. The summed E-state index contributed by atoms with van der Waals surface area (Å²) in [6, 6.07) is 15.3. The van der Waals surface area contributed by atoms with Crippen LogP contribution in [-0.2, 0) is 13.0 Å². The fraction of sp³-hybridized carbons (Fsp3) is 0.429. The van der Waals surface area contributed by atoms with Gasteiger partial charge < -0.3 is 19.7 Å². The van der Waals surface area contributed by atoms with Gasteiger partial charge in [-0.3, -0.25) is 0 Å². The third-order valence-electron chi connectivity index (χ3n) is 4.83. The molecule has 0 spiro atoms. The summed E-state index contributed by atoms with van der Waals surface area (Å²) in [5.74, 6) is 1.46. The Hall–Kier alpha value is -1.75. The second kappa shape index (κ2) is 9.26. The maximum Gasteiger partial charge on any atom is 0.179 e. The molecule has 3 N–H and O–H groups in total. The molecule has 5 heteroatoms. The molecule has 0 fully saturated rings. The fourth-order valence-electron chi connectivity index (χ4n) is 3.27. The number of ether oxygens (including phenoxy) is 2. The normalized spacial score (nSPS) is 14.9. The molecular formula is C21H29ClN2O2+2. The first kappa shape index (κ1) is 19.0. The summed E-state index contributed by atoms with van der Waals surface area (Å²) in [5, 5.41) is 3.00. The van der Waals surface area contributed by atoms with Crippen molar-refractivity contribution in [2.24, 2.45) is 0 Å². The maximum absolute atomic E-state index is 6.40. The molecular weight excluding hydrogens is 348 g/mol. The molecule has 0 saturated heterocycles. The molecule has 0 radical (unpaired) electrons. The molecule has 0 amide bonds. The van der Waals surface area contributed by atoms with Gasteiger partial charge in [0.25, 0.3) is 0 Å². The summed E-state index contributed by atoms with van der Waals surface area (Å²) in [7, 11) is 4.46. The van der Waals surface area contributed by atoms with E-state index in [-0.39, 0.29) is 0 Å². The molecule has 0 unspecified atom stereocenters. The SMILES string of the molecule is C[NH+](C)[C@H](C[NH2+]Cc1cc(Cl)c2c(c1)OCCCO2)Cc1ccccc1. The van der Waals surface area contributed by atoms with Crippen molar-refractivity contribution in [3.05, 3.63) is 58.6 Å². The standard InChI is InChI=1S/C21H27ClN2O2/c1-24(2)18(11-16-7-4-3-5-8-16)15-23-14-17-12-19(22)21-20(13-17)25-9-6-10-26-21/h3-5,7-8,12-13,18,23H,6,9-11,14-15H2,1-2H3/p+2/t18-/m0/s1. The Morgan fingerprint density at radius 1 is 1.08 bits per heavy atom. The van der Waals surface area contributed by atoms with Crippen LogP contribution in [0.2, 0.25) is 5.02 Å². The lowest BCUT2D eigenvalue weighted by Gasteiger charge is -2.20. The zero-order valence-electron chi connectivity index (χ0n) is 15.6. The minimum Gasteiger partial charge on any atom is -0.489 e. The monoisotopic (exact) mass is 376 g/mol. The quantitative estimate of drug-likeness (QED) is 0.765. The van der Waals surface area contributed by atoms with Crippen molar-refractivity contribution in [1.82, 2.24) is 0 Å². The number of likely N-dealkylation sites (N-methyl/N-ethyl adjacent to an activating group) is 1. The third-order valence-corrected chi connectivity index (χ3v) is 5.12. The molecule has 0 aliphatic carbocycles. The highest BCUT2D eigenvalue weighted by Crippen LogP contribution is 2.37. The molecule has 4 nitrogen and oxygen atoms in total. The number of fused-ring (bicyclic) bond motifs is 1. The van der Waals surface area contributed by atoms with Crippen LogP contribution < -0.4 is 19.7 Å². The van der Waals surface area contributed by atoms with Crippen LogP contribution in [0, 0.1) is 0 Å². The molecule has 1 aliphatic heterocycles. The summed E-state index contributed by atoms with van der Waals surface area (Å²) in [5.41, 5.74) is 2.57. The Bertz CT molecular complexity index is 707. The van der Waals surface area contributed by atoms with E-state index in [1.807, 2.05) is 6.07 Å². The Labute approximate surface area is 161 Å². The lowest BCUT2D eigenvalue weighted by Crippen LogP contribution is -3.14. The van der Waals surface area contributed by atoms with Crippen molar-refractivity contribution in [1.29, 1.82) is 0 Å². The lowest BCUT2D eigenvalue weighted by molar-refractivity contribution is -0.903. The Kier molecular flexibility index (Phi) is 6.78. The highest BCUT2D eigenvalue weighted by Gasteiger charge is 2.19. The number of quaternary nitrogens is 2. The molecule has 2 aromatic rings. The van der Waals surface area contributed by atoms with Gasteiger partial charge in [-0.05, 0) is 17.7 Å². The summed E-state index contributed by atoms with van der Waals surface area (Å²) >= 11 is 6.40. The smallest absolute Gasteiger partial charge is 0.179 e. The van der Waals surface area contributed by atoms with E-state index in [0.717, 1.165) is 31.7 Å². The first-order chi connectivity index (χ1) is 12.6. The van der Waals surface area contributed by atoms with Gasteiger partial charge in [-0.25, -0.2) is 0 Å². The minimum absolute atomic E-state index is 0.563. The minimum atomic E-state index is 0.563. The largest absolute Gasteiger partial charge is 0.489 e. The van der Waals surface area contributed by atoms with Crippen molar-refractivity contribution >= 4 is 11.6 Å². The second-order valence-corrected chi connectivity index (χ2v) is 7.56. The van der Waals surface area contributed by atoms with E-state index in [1.54, 1.807) is 0 Å². The molecule has 1 aliphatic rings. The van der Waals surface area contributed by atoms with Crippen LogP contribution in [-0.4, -0.2) is 39.9 Å². The first-order valence-corrected chi connectivity index (χ1v) is 9.75. The van der Waals surface area contributed by atoms with Crippen LogP contribution in [0.1, 0.15) is 17.5 Å². The third kappa shape index (κ3) is 5.13. The molecule has 0 aromatic heterocycles. The molecule has 26 heavy (non-hydrogen) atoms. The second-order valence-electron chi connectivity index (χ2n) is 7.15. The van der Waals surface area contributed by atoms with Crippen LogP contribution >= 0.6 is 11.6 Å². The highest BCUT2D eigenvalue weighted by atomic mass is 35.5. The number of nitrogens with two attached hydrogens (primary N) is 1. The van der Waals surface area contributed by atoms with Gasteiger partial charge in [-0.15, -0.1) is 0 Å². The average Bonchev–Trinajstić information content (AvgIpc) is 2.87. The number of benzene rings is 2. The number of hydrogen-bond acceptors (Lipinski definition) is 2. The Morgan fingerprint density at radius 2 is 1.85 bits per heavy atom. The molecule has 0 saturated carbocycles. The van der Waals surface area contributed by atoms with Crippen LogP contribution in [0.5, 0.6) is 11.5 Å². The van der Waals surface area contributed by atoms with E-state index < -0.39 is 0 Å². The zero-order valence-corrected chi connectivity index (χ0v) is 16.4. The van der Waals surface area contributed by atoms with Crippen LogP contribution in [0.25, 0.3) is 0 Å². The molecule has 140 valence electrons. The summed E-state index contributed by atoms with van der Waals surface area (Å²) < 4.78 is 11.5. The summed E-state index contributed by atoms with van der Waals surface area (Å²) in [6.07, 6.45) is 1.97. The topological polar surface area (TPSA) is 39.5 Å². The van der Waals surface area contributed by atoms with E-state index in [1.165, 1.54) is 16.0 Å². The molecule has 1 atom stereocenters. The van der Waals surface area contributed by atoms with Crippen LogP contribution in [0.15, 0.2) is 42.5 Å². The van der Waals surface area contributed by atoms with Crippen molar-refractivity contribution in [2.75, 3.05) is 33.9 Å². The van der Waals surface area contributed by atoms with Gasteiger partial charge in [-0.2, -0.15) is 0 Å². The molecule has 3 rings (SSSR count). The summed E-state index contributed by atoms with van der Waals surface area (Å²) in [4.78, 5) is 1.47. The van der Waals surface area contributed by atoms with Gasteiger partial charge in [0.15, 0.2) is 11.5 Å². The van der Waals surface area contributed by atoms with Crippen molar-refractivity contribution in [3.8, 4) is 11.5 Å². The predicted octanol–water partition coefficient (Wildman–Crippen LogP) is 1.32. The number of nitrogens with one attached hydrogen (secondary N) is 1. The molecule has 0 bridgehead atoms. The van der Waals surface area contributed by atoms with E-state index in [4.69, 9.17) is 21.1 Å². The van der Waals surface area contributed by atoms with E-state index in [9.17, 15) is 0 Å². The van der Waals surface area contributed by atoms with Gasteiger partial charge in [0.2, 0.25) is 0 Å². The number of halogens is 1. The van der Waals surface area contributed by atoms with Gasteiger partial charge in [0.1, 0.15) is 19.1 Å². The van der Waals surface area contributed by atoms with Crippen molar-refractivity contribution in [3.63, 3.8) is 0 Å². The maximum atomic E-state index is 6.40. The molecule has 1 heterocycles. The van der Waals surface area contributed by atoms with Gasteiger partial charge in [0, 0.05) is 18.4 Å². The van der Waals surface area contributed by atoms with Gasteiger partial charge >= 0.3 is 0 Å². The van der Waals surface area contributed by atoms with E-state index >= 15 is 0 Å². The van der Waals surface area contributed by atoms with Crippen molar-refractivity contribution < 1.29 is 19.7 Å². The van der Waals surface area contributed by atoms with Crippen LogP contribution in [0.3, 0.4) is 0 Å². The predicted molar refractivity (Wildman–Crippen MR) is 104 cm³/mol.